The van der Waals surface area contributed by atoms with Crippen molar-refractivity contribution >= 4 is 5.78 Å². The van der Waals surface area contributed by atoms with Crippen LogP contribution in [-0.4, -0.2) is 42.0 Å². The van der Waals surface area contributed by atoms with Gasteiger partial charge in [-0.15, -0.1) is 0 Å². The first-order valence-electron chi connectivity index (χ1n) is 11.6. The maximum absolute atomic E-state index is 12.5. The molecule has 156 valence electrons. The largest absolute Gasteiger partial charge is 0.392 e. The Labute approximate surface area is 170 Å². The minimum atomic E-state index is -0.450. The van der Waals surface area contributed by atoms with Gasteiger partial charge in [0.15, 0.2) is 0 Å². The molecule has 2 spiro atoms. The van der Waals surface area contributed by atoms with E-state index in [1.807, 2.05) is 0 Å². The zero-order valence-corrected chi connectivity index (χ0v) is 18.6. The van der Waals surface area contributed by atoms with Crippen molar-refractivity contribution in [2.45, 2.75) is 84.3 Å². The van der Waals surface area contributed by atoms with Crippen LogP contribution in [-0.2, 0) is 4.79 Å². The molecule has 9 atom stereocenters. The molecule has 0 radical (unpaired) electrons. The highest BCUT2D eigenvalue weighted by atomic mass is 16.3. The number of hydrogen-bond acceptors (Lipinski definition) is 3. The normalized spacial score (nSPS) is 57.2. The van der Waals surface area contributed by atoms with E-state index >= 15 is 0 Å². The lowest BCUT2D eigenvalue weighted by Gasteiger charge is -2.61. The average molecular weight is 386 g/mol. The SMILES string of the molecule is C=C1C(N(C)C)CCC23CC24CCC2(C)C(C(C)=O)C(O)CC2(C)C4CCC13. The van der Waals surface area contributed by atoms with E-state index in [1.54, 1.807) is 6.92 Å². The van der Waals surface area contributed by atoms with Crippen molar-refractivity contribution in [1.82, 2.24) is 4.90 Å². The van der Waals surface area contributed by atoms with Gasteiger partial charge >= 0.3 is 0 Å². The molecule has 0 aromatic heterocycles. The highest BCUT2D eigenvalue weighted by Crippen LogP contribution is 2.87. The number of aliphatic hydroxyl groups is 1. The number of Topliss-reactive ketones (excluding diaryl/α,β-unsaturated/α-hetero) is 1. The van der Waals surface area contributed by atoms with Crippen LogP contribution in [0.25, 0.3) is 0 Å². The molecule has 0 heterocycles. The standard InChI is InChI=1S/C25H39NO2/c1-15-17-7-8-20-23(4)13-19(28)21(16(2)27)22(23,3)11-12-25(20)14-24(17,25)10-9-18(15)26(5)6/h17-21,28H,1,7-14H2,2-6H3. The first-order chi connectivity index (χ1) is 13.0. The first-order valence-corrected chi connectivity index (χ1v) is 11.6. The minimum absolute atomic E-state index is 0.0391. The summed E-state index contributed by atoms with van der Waals surface area (Å²) in [6, 6.07) is 0.546. The topological polar surface area (TPSA) is 40.5 Å². The summed E-state index contributed by atoms with van der Waals surface area (Å²) >= 11 is 0. The van der Waals surface area contributed by atoms with Crippen molar-refractivity contribution in [3.8, 4) is 0 Å². The fourth-order valence-corrected chi connectivity index (χ4v) is 9.99. The Morgan fingerprint density at radius 1 is 1.07 bits per heavy atom. The summed E-state index contributed by atoms with van der Waals surface area (Å²) in [4.78, 5) is 14.9. The molecule has 0 aromatic rings. The molecule has 1 N–H and O–H groups in total. The molecule has 5 saturated carbocycles. The Bertz CT molecular complexity index is 745. The fraction of sp³-hybridized carbons (Fsp3) is 0.880. The number of aliphatic hydroxyl groups excluding tert-OH is 1. The van der Waals surface area contributed by atoms with E-state index in [0.29, 0.717) is 28.7 Å². The van der Waals surface area contributed by atoms with E-state index in [4.69, 9.17) is 0 Å². The third kappa shape index (κ3) is 1.92. The zero-order valence-electron chi connectivity index (χ0n) is 18.6. The van der Waals surface area contributed by atoms with Crippen molar-refractivity contribution in [1.29, 1.82) is 0 Å². The lowest BCUT2D eigenvalue weighted by Crippen LogP contribution is -2.55. The summed E-state index contributed by atoms with van der Waals surface area (Å²) < 4.78 is 0. The summed E-state index contributed by atoms with van der Waals surface area (Å²) in [5.74, 6) is 1.39. The molecular weight excluding hydrogens is 346 g/mol. The molecule has 0 aliphatic heterocycles. The summed E-state index contributed by atoms with van der Waals surface area (Å²) in [7, 11) is 4.41. The van der Waals surface area contributed by atoms with Crippen molar-refractivity contribution in [2.75, 3.05) is 14.1 Å². The number of likely N-dealkylation sites (N-methyl/N-ethyl adjacent to an activating group) is 1. The van der Waals surface area contributed by atoms with Crippen LogP contribution < -0.4 is 0 Å². The minimum Gasteiger partial charge on any atom is -0.392 e. The van der Waals surface area contributed by atoms with Gasteiger partial charge in [0.1, 0.15) is 5.78 Å². The Balaban J connectivity index is 1.52. The molecule has 3 nitrogen and oxygen atoms in total. The van der Waals surface area contributed by atoms with Crippen LogP contribution in [0.3, 0.4) is 0 Å². The molecule has 0 bridgehead atoms. The second kappa shape index (κ2) is 5.52. The molecule has 0 amide bonds. The van der Waals surface area contributed by atoms with E-state index in [1.165, 1.54) is 44.1 Å². The van der Waals surface area contributed by atoms with Crippen LogP contribution in [0.5, 0.6) is 0 Å². The number of nitrogens with zero attached hydrogens (tertiary/aromatic N) is 1. The van der Waals surface area contributed by atoms with Crippen molar-refractivity contribution in [3.63, 3.8) is 0 Å². The molecule has 5 aliphatic carbocycles. The molecule has 9 unspecified atom stereocenters. The van der Waals surface area contributed by atoms with Crippen LogP contribution in [0, 0.1) is 39.4 Å². The summed E-state index contributed by atoms with van der Waals surface area (Å²) in [6.45, 7) is 11.1. The number of hydrogen-bond donors (Lipinski definition) is 1. The van der Waals surface area contributed by atoms with Gasteiger partial charge < -0.3 is 10.0 Å². The molecule has 28 heavy (non-hydrogen) atoms. The van der Waals surface area contributed by atoms with Gasteiger partial charge in [0.2, 0.25) is 0 Å². The van der Waals surface area contributed by atoms with Crippen LogP contribution in [0.2, 0.25) is 0 Å². The number of fused-ring (bicyclic) bond motifs is 2. The van der Waals surface area contributed by atoms with Crippen molar-refractivity contribution < 1.29 is 9.90 Å². The second-order valence-electron chi connectivity index (χ2n) is 12.0. The second-order valence-corrected chi connectivity index (χ2v) is 12.0. The van der Waals surface area contributed by atoms with Gasteiger partial charge in [0.05, 0.1) is 6.10 Å². The number of ketones is 1. The van der Waals surface area contributed by atoms with Crippen LogP contribution in [0.4, 0.5) is 0 Å². The maximum Gasteiger partial charge on any atom is 0.136 e. The number of rotatable bonds is 2. The van der Waals surface area contributed by atoms with E-state index in [-0.39, 0.29) is 22.5 Å². The Morgan fingerprint density at radius 2 is 1.79 bits per heavy atom. The van der Waals surface area contributed by atoms with Gasteiger partial charge in [-0.25, -0.2) is 0 Å². The molecule has 5 rings (SSSR count). The first kappa shape index (κ1) is 19.3. The summed E-state index contributed by atoms with van der Waals surface area (Å²) in [5.41, 5.74) is 2.48. The molecule has 5 fully saturated rings. The predicted octanol–water partition coefficient (Wildman–Crippen LogP) is 4.45. The third-order valence-corrected chi connectivity index (χ3v) is 11.2. The predicted molar refractivity (Wildman–Crippen MR) is 112 cm³/mol. The average Bonchev–Trinajstić information content (AvgIpc) is 3.19. The third-order valence-electron chi connectivity index (χ3n) is 11.2. The van der Waals surface area contributed by atoms with Gasteiger partial charge in [0.25, 0.3) is 0 Å². The van der Waals surface area contributed by atoms with Crippen LogP contribution in [0.1, 0.15) is 72.1 Å². The monoisotopic (exact) mass is 385 g/mol. The Hall–Kier alpha value is -0.670. The molecule has 0 saturated heterocycles. The van der Waals surface area contributed by atoms with E-state index < -0.39 is 6.10 Å². The lowest BCUT2D eigenvalue weighted by molar-refractivity contribution is -0.141. The van der Waals surface area contributed by atoms with E-state index in [0.717, 1.165) is 12.8 Å². The van der Waals surface area contributed by atoms with Gasteiger partial charge in [-0.2, -0.15) is 0 Å². The van der Waals surface area contributed by atoms with Crippen LogP contribution >= 0.6 is 0 Å². The molecule has 0 aromatic carbocycles. The molecule has 3 heteroatoms. The van der Waals surface area contributed by atoms with Gasteiger partial charge in [-0.05, 0) is 106 Å². The molecular formula is C25H39NO2. The van der Waals surface area contributed by atoms with E-state index in [2.05, 4.69) is 39.4 Å². The van der Waals surface area contributed by atoms with Crippen molar-refractivity contribution in [3.05, 3.63) is 12.2 Å². The quantitative estimate of drug-likeness (QED) is 0.714. The van der Waals surface area contributed by atoms with Gasteiger partial charge in [-0.1, -0.05) is 26.0 Å². The zero-order chi connectivity index (χ0) is 20.3. The number of carbonyl (C=O) groups is 1. The van der Waals surface area contributed by atoms with E-state index in [9.17, 15) is 9.90 Å². The number of carbonyl (C=O) groups excluding carboxylic acids is 1. The van der Waals surface area contributed by atoms with Gasteiger partial charge in [0, 0.05) is 12.0 Å². The van der Waals surface area contributed by atoms with Crippen LogP contribution in [0.15, 0.2) is 12.2 Å². The summed E-state index contributed by atoms with van der Waals surface area (Å²) in [6.07, 6.45) is 9.25. The fourth-order valence-electron chi connectivity index (χ4n) is 9.99. The highest BCUT2D eigenvalue weighted by Gasteiger charge is 2.81. The van der Waals surface area contributed by atoms with Gasteiger partial charge in [-0.3, -0.25) is 4.79 Å². The maximum atomic E-state index is 12.5. The molecule has 5 aliphatic rings. The Morgan fingerprint density at radius 3 is 2.43 bits per heavy atom. The Kier molecular flexibility index (Phi) is 3.80. The highest BCUT2D eigenvalue weighted by molar-refractivity contribution is 5.80. The summed E-state index contributed by atoms with van der Waals surface area (Å²) in [5, 5.41) is 10.9. The smallest absolute Gasteiger partial charge is 0.136 e. The lowest BCUT2D eigenvalue weighted by atomic mass is 9.43. The van der Waals surface area contributed by atoms with Crippen molar-refractivity contribution in [2.24, 2.45) is 39.4 Å².